The third-order valence-corrected chi connectivity index (χ3v) is 5.75. The highest BCUT2D eigenvalue weighted by Gasteiger charge is 2.39. The van der Waals surface area contributed by atoms with Gasteiger partial charge >= 0.3 is 0 Å². The molecular formula is C20H21N4O+. The number of nitrogens with one attached hydrogen (secondary N) is 2. The minimum Gasteiger partial charge on any atom is -0.332 e. The average Bonchev–Trinajstić information content (AvgIpc) is 3.14. The van der Waals surface area contributed by atoms with Gasteiger partial charge < -0.3 is 4.90 Å². The molecule has 3 aromatic rings. The number of imidazole rings is 1. The van der Waals surface area contributed by atoms with Gasteiger partial charge in [-0.2, -0.15) is 0 Å². The summed E-state index contributed by atoms with van der Waals surface area (Å²) in [5.41, 5.74) is 5.08. The monoisotopic (exact) mass is 333 g/mol. The van der Waals surface area contributed by atoms with Crippen LogP contribution in [0, 0.1) is 0 Å². The lowest BCUT2D eigenvalue weighted by Gasteiger charge is -2.44. The molecule has 2 N–H and O–H groups in total. The number of H-pyrrole nitrogens is 2. The van der Waals surface area contributed by atoms with E-state index in [4.69, 9.17) is 0 Å². The first-order valence-corrected chi connectivity index (χ1v) is 9.06. The number of hydrogen-bond acceptors (Lipinski definition) is 2. The lowest BCUT2D eigenvalue weighted by atomic mass is 9.74. The molecular weight excluding hydrogens is 312 g/mol. The average molecular weight is 333 g/mol. The van der Waals surface area contributed by atoms with Gasteiger partial charge in [0.05, 0.1) is 0 Å². The topological polar surface area (TPSA) is 63.1 Å². The maximum Gasteiger partial charge on any atom is 0.299 e. The van der Waals surface area contributed by atoms with Crippen LogP contribution in [0.25, 0.3) is 11.2 Å². The van der Waals surface area contributed by atoms with Crippen molar-refractivity contribution in [2.75, 3.05) is 6.54 Å². The number of likely N-dealkylation sites (tertiary alicyclic amines) is 1. The van der Waals surface area contributed by atoms with Crippen molar-refractivity contribution >= 4 is 17.1 Å². The summed E-state index contributed by atoms with van der Waals surface area (Å²) in [6.45, 7) is 0.832. The summed E-state index contributed by atoms with van der Waals surface area (Å²) in [6.07, 6.45) is 6.06. The van der Waals surface area contributed by atoms with Gasteiger partial charge in [-0.05, 0) is 48.9 Å². The molecule has 5 heteroatoms. The maximum absolute atomic E-state index is 13.2. The number of rotatable bonds is 1. The number of aromatic amines is 2. The van der Waals surface area contributed by atoms with Crippen LogP contribution in [0.15, 0.2) is 42.7 Å². The van der Waals surface area contributed by atoms with Gasteiger partial charge in [0.15, 0.2) is 11.8 Å². The summed E-state index contributed by atoms with van der Waals surface area (Å²) in [7, 11) is 0. The van der Waals surface area contributed by atoms with Crippen LogP contribution < -0.4 is 4.98 Å². The molecule has 1 aliphatic carbocycles. The summed E-state index contributed by atoms with van der Waals surface area (Å²) >= 11 is 0. The van der Waals surface area contributed by atoms with Crippen LogP contribution in [0.3, 0.4) is 0 Å². The predicted octanol–water partition coefficient (Wildman–Crippen LogP) is 2.71. The van der Waals surface area contributed by atoms with Crippen molar-refractivity contribution in [3.63, 3.8) is 0 Å². The van der Waals surface area contributed by atoms with Crippen molar-refractivity contribution in [2.45, 2.75) is 37.6 Å². The van der Waals surface area contributed by atoms with E-state index in [9.17, 15) is 4.79 Å². The van der Waals surface area contributed by atoms with Crippen molar-refractivity contribution in [1.82, 2.24) is 14.9 Å². The summed E-state index contributed by atoms with van der Waals surface area (Å²) in [6, 6.07) is 12.8. The fraction of sp³-hybridized carbons (Fsp3) is 0.350. The van der Waals surface area contributed by atoms with Crippen molar-refractivity contribution in [3.05, 3.63) is 59.5 Å². The highest BCUT2D eigenvalue weighted by Crippen LogP contribution is 2.40. The van der Waals surface area contributed by atoms with Gasteiger partial charge in [-0.3, -0.25) is 9.78 Å². The van der Waals surface area contributed by atoms with E-state index in [0.717, 1.165) is 37.0 Å². The number of nitrogens with zero attached hydrogens (tertiary/aromatic N) is 2. The molecule has 1 amide bonds. The highest BCUT2D eigenvalue weighted by molar-refractivity contribution is 5.94. The van der Waals surface area contributed by atoms with E-state index >= 15 is 0 Å². The molecule has 2 atom stereocenters. The summed E-state index contributed by atoms with van der Waals surface area (Å²) in [5, 5.41) is 0. The Labute approximate surface area is 146 Å². The number of piperidine rings is 1. The molecule has 25 heavy (non-hydrogen) atoms. The van der Waals surface area contributed by atoms with E-state index in [1.807, 2.05) is 12.1 Å². The molecule has 1 aliphatic heterocycles. The zero-order valence-electron chi connectivity index (χ0n) is 14.0. The van der Waals surface area contributed by atoms with Crippen LogP contribution >= 0.6 is 0 Å². The van der Waals surface area contributed by atoms with Crippen molar-refractivity contribution in [1.29, 1.82) is 0 Å². The van der Waals surface area contributed by atoms with E-state index < -0.39 is 0 Å². The standard InChI is InChI=1S/C20H20N4O/c25-20(17-9-8-16-19(23-17)22-12-21-16)24-11-3-6-15-14-5-2-1-4-13(14)7-10-18(15)24/h1-2,4-5,8-9,12,15,18H,3,6-7,10-11H2,(H,21,22,23)/p+1/t15?,18-/m0/s1. The molecule has 0 spiro atoms. The number of carbonyl (C=O) groups is 1. The Morgan fingerprint density at radius 2 is 2.12 bits per heavy atom. The fourth-order valence-electron chi connectivity index (χ4n) is 4.59. The maximum atomic E-state index is 13.2. The third-order valence-electron chi connectivity index (χ3n) is 5.75. The Bertz CT molecular complexity index is 948. The number of carbonyl (C=O) groups excluding carboxylic acids is 1. The number of pyridine rings is 1. The lowest BCUT2D eigenvalue weighted by Crippen LogP contribution is -2.49. The Morgan fingerprint density at radius 1 is 1.20 bits per heavy atom. The van der Waals surface area contributed by atoms with Gasteiger partial charge in [0.1, 0.15) is 0 Å². The number of aryl methyl sites for hydroxylation is 1. The third kappa shape index (κ3) is 2.34. The molecule has 5 rings (SSSR count). The minimum absolute atomic E-state index is 0.0607. The second kappa shape index (κ2) is 5.69. The summed E-state index contributed by atoms with van der Waals surface area (Å²) in [4.78, 5) is 25.9. The first-order valence-electron chi connectivity index (χ1n) is 9.06. The van der Waals surface area contributed by atoms with E-state index in [1.54, 1.807) is 6.33 Å². The summed E-state index contributed by atoms with van der Waals surface area (Å²) in [5.74, 6) is 0.524. The van der Waals surface area contributed by atoms with Gasteiger partial charge in [0.2, 0.25) is 5.69 Å². The Balaban J connectivity index is 1.48. The second-order valence-electron chi connectivity index (χ2n) is 7.08. The van der Waals surface area contributed by atoms with Gasteiger partial charge in [-0.25, -0.2) is 4.98 Å². The predicted molar refractivity (Wildman–Crippen MR) is 94.2 cm³/mol. The molecule has 0 saturated carbocycles. The van der Waals surface area contributed by atoms with Crippen LogP contribution in [0.2, 0.25) is 0 Å². The molecule has 1 aromatic carbocycles. The molecule has 3 heterocycles. The molecule has 2 aromatic heterocycles. The Morgan fingerprint density at radius 3 is 3.08 bits per heavy atom. The molecule has 2 aliphatic rings. The molecule has 0 radical (unpaired) electrons. The molecule has 126 valence electrons. The molecule has 0 bridgehead atoms. The van der Waals surface area contributed by atoms with Crippen LogP contribution in [0.5, 0.6) is 0 Å². The quantitative estimate of drug-likeness (QED) is 0.744. The van der Waals surface area contributed by atoms with Crippen LogP contribution in [0.1, 0.15) is 46.8 Å². The van der Waals surface area contributed by atoms with Gasteiger partial charge in [0, 0.05) is 18.5 Å². The Kier molecular flexibility index (Phi) is 3.33. The van der Waals surface area contributed by atoms with E-state index in [-0.39, 0.29) is 5.91 Å². The molecule has 1 fully saturated rings. The number of aromatic nitrogens is 3. The van der Waals surface area contributed by atoms with E-state index in [1.165, 1.54) is 17.5 Å². The van der Waals surface area contributed by atoms with Crippen LogP contribution in [-0.4, -0.2) is 33.4 Å². The van der Waals surface area contributed by atoms with Crippen LogP contribution in [-0.2, 0) is 6.42 Å². The van der Waals surface area contributed by atoms with Gasteiger partial charge in [-0.1, -0.05) is 29.2 Å². The largest absolute Gasteiger partial charge is 0.332 e. The fourth-order valence-corrected chi connectivity index (χ4v) is 4.59. The molecule has 1 saturated heterocycles. The zero-order valence-corrected chi connectivity index (χ0v) is 14.0. The minimum atomic E-state index is 0.0607. The van der Waals surface area contributed by atoms with E-state index in [2.05, 4.69) is 44.1 Å². The van der Waals surface area contributed by atoms with Gasteiger partial charge in [-0.15, -0.1) is 0 Å². The zero-order chi connectivity index (χ0) is 16.8. The SMILES string of the molecule is O=C(c1ccc2[nH]c[nH+]c2n1)N1CCCC2c3ccccc3CC[C@@H]21. The number of hydrogen-bond donors (Lipinski definition) is 1. The number of benzene rings is 1. The number of fused-ring (bicyclic) bond motifs is 4. The lowest BCUT2D eigenvalue weighted by molar-refractivity contribution is -0.347. The summed E-state index contributed by atoms with van der Waals surface area (Å²) < 4.78 is 0. The first-order chi connectivity index (χ1) is 12.3. The number of amides is 1. The molecule has 1 unspecified atom stereocenters. The smallest absolute Gasteiger partial charge is 0.299 e. The van der Waals surface area contributed by atoms with Crippen molar-refractivity contribution in [3.8, 4) is 0 Å². The normalized spacial score (nSPS) is 22.5. The molecule has 5 nitrogen and oxygen atoms in total. The van der Waals surface area contributed by atoms with Crippen molar-refractivity contribution in [2.24, 2.45) is 0 Å². The van der Waals surface area contributed by atoms with E-state index in [0.29, 0.717) is 17.7 Å². The highest BCUT2D eigenvalue weighted by atomic mass is 16.2. The van der Waals surface area contributed by atoms with Crippen LogP contribution in [0.4, 0.5) is 0 Å². The second-order valence-corrected chi connectivity index (χ2v) is 7.08. The first kappa shape index (κ1) is 14.6. The Hall–Kier alpha value is -2.69. The van der Waals surface area contributed by atoms with Crippen molar-refractivity contribution < 1.29 is 9.78 Å². The van der Waals surface area contributed by atoms with Gasteiger partial charge in [0.25, 0.3) is 11.6 Å².